The number of hydrogen-bond acceptors (Lipinski definition) is 4. The molecular formula is C11H18O5. The van der Waals surface area contributed by atoms with Crippen LogP contribution in [0.15, 0.2) is 0 Å². The molecule has 0 aliphatic carbocycles. The Kier molecular flexibility index (Phi) is 3.91. The van der Waals surface area contributed by atoms with E-state index in [-0.39, 0.29) is 18.1 Å². The van der Waals surface area contributed by atoms with Gasteiger partial charge in [0.1, 0.15) is 0 Å². The molecule has 1 aliphatic heterocycles. The van der Waals surface area contributed by atoms with E-state index in [1.165, 1.54) is 7.11 Å². The van der Waals surface area contributed by atoms with Gasteiger partial charge >= 0.3 is 11.9 Å². The summed E-state index contributed by atoms with van der Waals surface area (Å²) in [5, 5.41) is 8.91. The van der Waals surface area contributed by atoms with Gasteiger partial charge in [0.05, 0.1) is 18.8 Å². The van der Waals surface area contributed by atoms with Gasteiger partial charge in [-0.25, -0.2) is 0 Å². The van der Waals surface area contributed by atoms with Gasteiger partial charge in [-0.2, -0.15) is 0 Å². The Morgan fingerprint density at radius 1 is 1.56 bits per heavy atom. The number of carbonyl (C=O) groups excluding carboxylic acids is 1. The highest BCUT2D eigenvalue weighted by Crippen LogP contribution is 2.32. The lowest BCUT2D eigenvalue weighted by molar-refractivity contribution is -0.159. The Hall–Kier alpha value is -1.10. The van der Waals surface area contributed by atoms with E-state index in [0.29, 0.717) is 0 Å². The minimum Gasteiger partial charge on any atom is -0.481 e. The molecule has 0 radical (unpaired) electrons. The average molecular weight is 230 g/mol. The summed E-state index contributed by atoms with van der Waals surface area (Å²) in [6.07, 6.45) is 1.68. The van der Waals surface area contributed by atoms with Crippen molar-refractivity contribution in [1.82, 2.24) is 0 Å². The monoisotopic (exact) mass is 230 g/mol. The average Bonchev–Trinajstić information content (AvgIpc) is 2.53. The summed E-state index contributed by atoms with van der Waals surface area (Å²) in [5.41, 5.74) is -0.218. The van der Waals surface area contributed by atoms with E-state index in [9.17, 15) is 9.59 Å². The predicted molar refractivity (Wildman–Crippen MR) is 55.9 cm³/mol. The first-order valence-corrected chi connectivity index (χ1v) is 5.34. The highest BCUT2D eigenvalue weighted by atomic mass is 16.5. The molecule has 5 heteroatoms. The van der Waals surface area contributed by atoms with E-state index >= 15 is 0 Å². The molecule has 0 spiro atoms. The van der Waals surface area contributed by atoms with Crippen LogP contribution in [0.25, 0.3) is 0 Å². The first-order valence-electron chi connectivity index (χ1n) is 5.34. The molecule has 0 bridgehead atoms. The van der Waals surface area contributed by atoms with Gasteiger partial charge in [-0.15, -0.1) is 0 Å². The summed E-state index contributed by atoms with van der Waals surface area (Å²) in [6, 6.07) is 0. The molecule has 0 aromatic rings. The molecule has 1 saturated heterocycles. The number of carboxylic acid groups (broad SMARTS) is 1. The van der Waals surface area contributed by atoms with Gasteiger partial charge in [0.2, 0.25) is 0 Å². The maximum atomic E-state index is 11.2. The summed E-state index contributed by atoms with van der Waals surface area (Å²) in [4.78, 5) is 22.1. The van der Waals surface area contributed by atoms with Crippen LogP contribution in [-0.2, 0) is 19.1 Å². The molecule has 5 nitrogen and oxygen atoms in total. The van der Waals surface area contributed by atoms with Crippen LogP contribution in [0.4, 0.5) is 0 Å². The van der Waals surface area contributed by atoms with Crippen molar-refractivity contribution >= 4 is 11.9 Å². The van der Waals surface area contributed by atoms with E-state index in [1.54, 1.807) is 0 Å². The second-order valence-electron chi connectivity index (χ2n) is 4.69. The lowest BCUT2D eigenvalue weighted by atomic mass is 9.99. The van der Waals surface area contributed by atoms with Crippen molar-refractivity contribution in [3.05, 3.63) is 0 Å². The van der Waals surface area contributed by atoms with Gasteiger partial charge < -0.3 is 14.6 Å². The van der Waals surface area contributed by atoms with E-state index in [0.717, 1.165) is 12.8 Å². The molecule has 0 aromatic carbocycles. The van der Waals surface area contributed by atoms with E-state index in [1.807, 2.05) is 13.8 Å². The highest BCUT2D eigenvalue weighted by Gasteiger charge is 2.37. The summed E-state index contributed by atoms with van der Waals surface area (Å²) < 4.78 is 10.1. The molecule has 0 aromatic heterocycles. The van der Waals surface area contributed by atoms with Gasteiger partial charge in [-0.1, -0.05) is 0 Å². The lowest BCUT2D eigenvalue weighted by Gasteiger charge is -2.20. The predicted octanol–water partition coefficient (Wildman–Crippen LogP) is 1.21. The SMILES string of the molecule is COC(=O)C(CC1CCC(C)(C)O1)C(=O)O. The van der Waals surface area contributed by atoms with Crippen molar-refractivity contribution in [2.24, 2.45) is 5.92 Å². The molecule has 2 atom stereocenters. The largest absolute Gasteiger partial charge is 0.481 e. The number of ether oxygens (including phenoxy) is 2. The second kappa shape index (κ2) is 4.82. The Balaban J connectivity index is 2.57. The number of carbonyl (C=O) groups is 2. The zero-order valence-electron chi connectivity index (χ0n) is 9.86. The van der Waals surface area contributed by atoms with Crippen molar-refractivity contribution in [2.45, 2.75) is 44.8 Å². The smallest absolute Gasteiger partial charge is 0.320 e. The highest BCUT2D eigenvalue weighted by molar-refractivity contribution is 5.93. The maximum Gasteiger partial charge on any atom is 0.320 e. The quantitative estimate of drug-likeness (QED) is 0.580. The third-order valence-electron chi connectivity index (χ3n) is 2.84. The number of hydrogen-bond donors (Lipinski definition) is 1. The molecular weight excluding hydrogens is 212 g/mol. The fourth-order valence-corrected chi connectivity index (χ4v) is 1.95. The van der Waals surface area contributed by atoms with Crippen LogP contribution < -0.4 is 0 Å². The molecule has 2 unspecified atom stereocenters. The number of methoxy groups -OCH3 is 1. The number of aliphatic carboxylic acids is 1. The molecule has 16 heavy (non-hydrogen) atoms. The molecule has 1 heterocycles. The van der Waals surface area contributed by atoms with E-state index in [2.05, 4.69) is 4.74 Å². The summed E-state index contributed by atoms with van der Waals surface area (Å²) >= 11 is 0. The number of rotatable bonds is 4. The van der Waals surface area contributed by atoms with Crippen molar-refractivity contribution in [3.63, 3.8) is 0 Å². The zero-order valence-corrected chi connectivity index (χ0v) is 9.86. The molecule has 0 saturated carbocycles. The van der Waals surface area contributed by atoms with Crippen LogP contribution in [0.1, 0.15) is 33.1 Å². The second-order valence-corrected chi connectivity index (χ2v) is 4.69. The van der Waals surface area contributed by atoms with Crippen molar-refractivity contribution in [2.75, 3.05) is 7.11 Å². The van der Waals surface area contributed by atoms with Crippen LogP contribution in [0, 0.1) is 5.92 Å². The topological polar surface area (TPSA) is 72.8 Å². The fourth-order valence-electron chi connectivity index (χ4n) is 1.95. The maximum absolute atomic E-state index is 11.2. The number of carboxylic acids is 1. The number of esters is 1. The van der Waals surface area contributed by atoms with E-state index < -0.39 is 17.9 Å². The Morgan fingerprint density at radius 3 is 2.56 bits per heavy atom. The third-order valence-corrected chi connectivity index (χ3v) is 2.84. The minimum atomic E-state index is -1.15. The summed E-state index contributed by atoms with van der Waals surface area (Å²) in [6.45, 7) is 3.92. The van der Waals surface area contributed by atoms with E-state index in [4.69, 9.17) is 9.84 Å². The van der Waals surface area contributed by atoms with Crippen molar-refractivity contribution < 1.29 is 24.2 Å². The standard InChI is InChI=1S/C11H18O5/c1-11(2)5-4-7(16-11)6-8(9(12)13)10(14)15-3/h7-8H,4-6H2,1-3H3,(H,12,13). The lowest BCUT2D eigenvalue weighted by Crippen LogP contribution is -2.30. The molecule has 1 fully saturated rings. The molecule has 0 amide bonds. The summed E-state index contributed by atoms with van der Waals surface area (Å²) in [7, 11) is 1.19. The van der Waals surface area contributed by atoms with Gasteiger partial charge in [0.25, 0.3) is 0 Å². The first-order chi connectivity index (χ1) is 7.35. The molecule has 1 aliphatic rings. The van der Waals surface area contributed by atoms with Gasteiger partial charge in [-0.3, -0.25) is 9.59 Å². The van der Waals surface area contributed by atoms with Gasteiger partial charge in [-0.05, 0) is 33.1 Å². The van der Waals surface area contributed by atoms with Crippen LogP contribution in [0.5, 0.6) is 0 Å². The Morgan fingerprint density at radius 2 is 2.19 bits per heavy atom. The third kappa shape index (κ3) is 3.20. The zero-order chi connectivity index (χ0) is 12.3. The Bertz CT molecular complexity index is 284. The van der Waals surface area contributed by atoms with Crippen LogP contribution >= 0.6 is 0 Å². The fraction of sp³-hybridized carbons (Fsp3) is 0.818. The first kappa shape index (κ1) is 13.0. The normalized spacial score (nSPS) is 25.1. The van der Waals surface area contributed by atoms with Crippen LogP contribution in [-0.4, -0.2) is 35.9 Å². The molecule has 92 valence electrons. The van der Waals surface area contributed by atoms with Crippen molar-refractivity contribution in [1.29, 1.82) is 0 Å². The van der Waals surface area contributed by atoms with Crippen LogP contribution in [0.2, 0.25) is 0 Å². The summed E-state index contributed by atoms with van der Waals surface area (Å²) in [5.74, 6) is -2.98. The van der Waals surface area contributed by atoms with Gasteiger partial charge in [0.15, 0.2) is 5.92 Å². The minimum absolute atomic E-state index is 0.171. The van der Waals surface area contributed by atoms with Crippen molar-refractivity contribution in [3.8, 4) is 0 Å². The Labute approximate surface area is 94.7 Å². The molecule has 1 rings (SSSR count). The molecule has 1 N–H and O–H groups in total. The van der Waals surface area contributed by atoms with Gasteiger partial charge in [0, 0.05) is 0 Å². The van der Waals surface area contributed by atoms with Crippen LogP contribution in [0.3, 0.4) is 0 Å².